The number of aliphatic hydroxyl groups excluding tert-OH is 1. The van der Waals surface area contributed by atoms with Gasteiger partial charge in [0.25, 0.3) is 0 Å². The van der Waals surface area contributed by atoms with Crippen molar-refractivity contribution in [2.24, 2.45) is 5.92 Å². The molecule has 0 saturated heterocycles. The quantitative estimate of drug-likeness (QED) is 0.652. The topological polar surface area (TPSA) is 76.1 Å². The molecule has 0 aromatic heterocycles. The number of rotatable bonds is 5. The number of benzene rings is 1. The van der Waals surface area contributed by atoms with Crippen LogP contribution in [0.5, 0.6) is 5.75 Å². The minimum Gasteiger partial charge on any atom is -0.444 e. The van der Waals surface area contributed by atoms with Crippen LogP contribution in [0.2, 0.25) is 0 Å². The van der Waals surface area contributed by atoms with Crippen LogP contribution in [-0.4, -0.2) is 41.3 Å². The molecule has 6 nitrogen and oxygen atoms in total. The minimum atomic E-state index is -0.853. The van der Waals surface area contributed by atoms with Gasteiger partial charge in [0.15, 0.2) is 0 Å². The van der Waals surface area contributed by atoms with Crippen LogP contribution in [0.25, 0.3) is 0 Å². The molecule has 1 N–H and O–H groups in total. The van der Waals surface area contributed by atoms with E-state index in [-0.39, 0.29) is 18.4 Å². The second-order valence-electron chi connectivity index (χ2n) is 7.49. The van der Waals surface area contributed by atoms with Crippen LogP contribution < -0.4 is 4.74 Å². The molecule has 1 aliphatic carbocycles. The Balaban J connectivity index is 1.87. The number of nitrogens with zero attached hydrogens (tertiary/aromatic N) is 1. The van der Waals surface area contributed by atoms with Crippen molar-refractivity contribution in [1.29, 1.82) is 0 Å². The minimum absolute atomic E-state index is 0.0211. The molecule has 1 atom stereocenters. The Kier molecular flexibility index (Phi) is 6.06. The van der Waals surface area contributed by atoms with Crippen molar-refractivity contribution in [3.8, 4) is 5.75 Å². The molecule has 1 fully saturated rings. The van der Waals surface area contributed by atoms with E-state index in [4.69, 9.17) is 9.47 Å². The zero-order valence-electron chi connectivity index (χ0n) is 15.3. The molecule has 1 saturated carbocycles. The molecule has 1 amide bonds. The number of ether oxygens (including phenoxy) is 2. The molecule has 1 aromatic carbocycles. The molecule has 25 heavy (non-hydrogen) atoms. The Morgan fingerprint density at radius 2 is 1.84 bits per heavy atom. The van der Waals surface area contributed by atoms with E-state index >= 15 is 0 Å². The first-order valence-electron chi connectivity index (χ1n) is 8.59. The van der Waals surface area contributed by atoms with Gasteiger partial charge in [-0.1, -0.05) is 18.6 Å². The van der Waals surface area contributed by atoms with Gasteiger partial charge in [-0.25, -0.2) is 4.79 Å². The molecule has 1 unspecified atom stereocenters. The van der Waals surface area contributed by atoms with Gasteiger partial charge in [-0.05, 0) is 51.3 Å². The normalized spacial score (nSPS) is 15.9. The fourth-order valence-electron chi connectivity index (χ4n) is 2.38. The lowest BCUT2D eigenvalue weighted by Gasteiger charge is -2.26. The summed E-state index contributed by atoms with van der Waals surface area (Å²) in [6.45, 7) is 5.48. The van der Waals surface area contributed by atoms with Crippen LogP contribution in [-0.2, 0) is 9.53 Å². The van der Waals surface area contributed by atoms with Crippen molar-refractivity contribution >= 4 is 12.1 Å². The lowest BCUT2D eigenvalue weighted by atomic mass is 9.86. The highest BCUT2D eigenvalue weighted by atomic mass is 16.6. The van der Waals surface area contributed by atoms with Crippen LogP contribution in [0.3, 0.4) is 0 Å². The maximum absolute atomic E-state index is 11.9. The SMILES string of the molecule is CN(CC(O)c1ccc(OC(=O)C2CCC2)cc1)C(=O)OC(C)(C)C. The second kappa shape index (κ2) is 7.87. The summed E-state index contributed by atoms with van der Waals surface area (Å²) in [6, 6.07) is 6.69. The molecule has 0 heterocycles. The van der Waals surface area contributed by atoms with Gasteiger partial charge in [-0.15, -0.1) is 0 Å². The van der Waals surface area contributed by atoms with Gasteiger partial charge in [0.1, 0.15) is 11.4 Å². The second-order valence-corrected chi connectivity index (χ2v) is 7.49. The number of carbonyl (C=O) groups excluding carboxylic acids is 2. The third-order valence-electron chi connectivity index (χ3n) is 4.07. The van der Waals surface area contributed by atoms with E-state index in [9.17, 15) is 14.7 Å². The van der Waals surface area contributed by atoms with Crippen LogP contribution in [0, 0.1) is 5.92 Å². The standard InChI is InChI=1S/C19H27NO5/c1-19(2,3)25-18(23)20(4)12-16(21)13-8-10-15(11-9-13)24-17(22)14-6-5-7-14/h8-11,14,16,21H,5-7,12H2,1-4H3. The number of aliphatic hydroxyl groups is 1. The average molecular weight is 349 g/mol. The van der Waals surface area contributed by atoms with E-state index in [0.717, 1.165) is 19.3 Å². The van der Waals surface area contributed by atoms with Gasteiger partial charge in [-0.3, -0.25) is 4.79 Å². The maximum atomic E-state index is 11.9. The molecular formula is C19H27NO5. The van der Waals surface area contributed by atoms with Crippen molar-refractivity contribution in [2.75, 3.05) is 13.6 Å². The Hall–Kier alpha value is -2.08. The van der Waals surface area contributed by atoms with E-state index in [2.05, 4.69) is 0 Å². The number of amides is 1. The lowest BCUT2D eigenvalue weighted by molar-refractivity contribution is -0.141. The molecule has 0 aliphatic heterocycles. The van der Waals surface area contributed by atoms with E-state index in [1.165, 1.54) is 4.90 Å². The Morgan fingerprint density at radius 3 is 2.32 bits per heavy atom. The van der Waals surface area contributed by atoms with Crippen LogP contribution in [0.15, 0.2) is 24.3 Å². The van der Waals surface area contributed by atoms with Crippen LogP contribution >= 0.6 is 0 Å². The Morgan fingerprint density at radius 1 is 1.24 bits per heavy atom. The monoisotopic (exact) mass is 349 g/mol. The highest BCUT2D eigenvalue weighted by Crippen LogP contribution is 2.28. The molecule has 6 heteroatoms. The third-order valence-corrected chi connectivity index (χ3v) is 4.07. The number of likely N-dealkylation sites (N-methyl/N-ethyl adjacent to an activating group) is 1. The maximum Gasteiger partial charge on any atom is 0.410 e. The zero-order chi connectivity index (χ0) is 18.6. The predicted octanol–water partition coefficient (Wildman–Crippen LogP) is 3.29. The van der Waals surface area contributed by atoms with Gasteiger partial charge in [0, 0.05) is 7.05 Å². The fraction of sp³-hybridized carbons (Fsp3) is 0.579. The summed E-state index contributed by atoms with van der Waals surface area (Å²) >= 11 is 0. The Bertz CT molecular complexity index is 601. The van der Waals surface area contributed by atoms with Crippen molar-refractivity contribution in [3.63, 3.8) is 0 Å². The molecule has 0 radical (unpaired) electrons. The van der Waals surface area contributed by atoms with Crippen molar-refractivity contribution in [3.05, 3.63) is 29.8 Å². The predicted molar refractivity (Wildman–Crippen MR) is 93.2 cm³/mol. The fourth-order valence-corrected chi connectivity index (χ4v) is 2.38. The number of hydrogen-bond acceptors (Lipinski definition) is 5. The number of hydrogen-bond donors (Lipinski definition) is 1. The first-order chi connectivity index (χ1) is 11.7. The van der Waals surface area contributed by atoms with E-state index in [1.807, 2.05) is 0 Å². The van der Waals surface area contributed by atoms with E-state index in [0.29, 0.717) is 11.3 Å². The molecule has 0 bridgehead atoms. The zero-order valence-corrected chi connectivity index (χ0v) is 15.3. The summed E-state index contributed by atoms with van der Waals surface area (Å²) in [6.07, 6.45) is 1.53. The van der Waals surface area contributed by atoms with E-state index in [1.54, 1.807) is 52.1 Å². The lowest BCUT2D eigenvalue weighted by Crippen LogP contribution is -2.36. The highest BCUT2D eigenvalue weighted by molar-refractivity contribution is 5.75. The summed E-state index contributed by atoms with van der Waals surface area (Å²) in [4.78, 5) is 25.1. The summed E-state index contributed by atoms with van der Waals surface area (Å²) in [5.41, 5.74) is 0.0567. The van der Waals surface area contributed by atoms with Gasteiger partial charge in [0.2, 0.25) is 0 Å². The molecule has 1 aromatic rings. The van der Waals surface area contributed by atoms with Gasteiger partial charge in [0.05, 0.1) is 18.6 Å². The average Bonchev–Trinajstić information content (AvgIpc) is 2.44. The van der Waals surface area contributed by atoms with Crippen molar-refractivity contribution in [1.82, 2.24) is 4.90 Å². The highest BCUT2D eigenvalue weighted by Gasteiger charge is 2.27. The molecule has 138 valence electrons. The Labute approximate surface area is 148 Å². The van der Waals surface area contributed by atoms with Crippen LogP contribution in [0.1, 0.15) is 51.7 Å². The number of carbonyl (C=O) groups is 2. The van der Waals surface area contributed by atoms with Gasteiger partial charge in [-0.2, -0.15) is 0 Å². The summed E-state index contributed by atoms with van der Waals surface area (Å²) in [5.74, 6) is 0.297. The largest absolute Gasteiger partial charge is 0.444 e. The number of esters is 1. The molecule has 2 rings (SSSR count). The molecule has 1 aliphatic rings. The van der Waals surface area contributed by atoms with Crippen molar-refractivity contribution in [2.45, 2.75) is 51.7 Å². The molecular weight excluding hydrogens is 322 g/mol. The first-order valence-corrected chi connectivity index (χ1v) is 8.59. The van der Waals surface area contributed by atoms with Gasteiger partial charge >= 0.3 is 12.1 Å². The smallest absolute Gasteiger partial charge is 0.410 e. The summed E-state index contributed by atoms with van der Waals surface area (Å²) < 4.78 is 10.6. The van der Waals surface area contributed by atoms with Crippen molar-refractivity contribution < 1.29 is 24.2 Å². The van der Waals surface area contributed by atoms with Gasteiger partial charge < -0.3 is 19.5 Å². The van der Waals surface area contributed by atoms with E-state index < -0.39 is 17.8 Å². The summed E-state index contributed by atoms with van der Waals surface area (Å²) in [7, 11) is 1.58. The van der Waals surface area contributed by atoms with Crippen LogP contribution in [0.4, 0.5) is 4.79 Å². The third kappa shape index (κ3) is 5.74. The first kappa shape index (κ1) is 19.2. The molecule has 0 spiro atoms. The summed E-state index contributed by atoms with van der Waals surface area (Å²) in [5, 5.41) is 10.3.